The molecule has 0 spiro atoms. The number of methoxy groups -OCH3 is 3. The molecule has 0 radical (unpaired) electrons. The molecule has 9 heteroatoms. The molecular weight excluding hydrogens is 472 g/mol. The zero-order valence-electron chi connectivity index (χ0n) is 19.3. The summed E-state index contributed by atoms with van der Waals surface area (Å²) in [6.45, 7) is 0. The van der Waals surface area contributed by atoms with E-state index in [4.69, 9.17) is 30.6 Å². The minimum absolute atomic E-state index is 0.300. The Labute approximate surface area is 207 Å². The average molecular weight is 495 g/mol. The van der Waals surface area contributed by atoms with Crippen molar-refractivity contribution in [2.24, 2.45) is 5.92 Å². The van der Waals surface area contributed by atoms with E-state index >= 15 is 0 Å². The van der Waals surface area contributed by atoms with E-state index in [-0.39, 0.29) is 0 Å². The maximum atomic E-state index is 13.8. The summed E-state index contributed by atoms with van der Waals surface area (Å²) in [5.41, 5.74) is 1.63. The van der Waals surface area contributed by atoms with Crippen molar-refractivity contribution >= 4 is 34.8 Å². The highest BCUT2D eigenvalue weighted by atomic mass is 35.5. The first-order valence-corrected chi connectivity index (χ1v) is 11.3. The number of hydroxylamine groups is 1. The fraction of sp³-hybridized carbons (Fsp3) is 0.231. The summed E-state index contributed by atoms with van der Waals surface area (Å²) in [4.78, 5) is 34.6. The van der Waals surface area contributed by atoms with Crippen LogP contribution in [0.5, 0.6) is 17.2 Å². The SMILES string of the molecule is COc1cc(OC)c([C@H]2[C@@H]3C(=O)N(c4ccccc4Cl)C(=O)[C@H]3ON2c2ccccc2)cc1OC. The Bertz CT molecular complexity index is 1280. The molecule has 2 fully saturated rings. The third kappa shape index (κ3) is 3.66. The standard InChI is InChI=1S/C26H23ClN2O6/c1-32-19-14-21(34-3)20(33-2)13-16(19)23-22-24(35-29(23)15-9-5-4-6-10-15)26(31)28(25(22)30)18-12-8-7-11-17(18)27/h4-14,22-24H,1-3H3/t22-,23-,24-/m0/s1. The molecule has 3 aromatic rings. The van der Waals surface area contributed by atoms with Crippen LogP contribution in [0.1, 0.15) is 11.6 Å². The molecule has 5 rings (SSSR count). The maximum Gasteiger partial charge on any atom is 0.266 e. The molecule has 0 aromatic heterocycles. The van der Waals surface area contributed by atoms with Crippen LogP contribution in [0, 0.1) is 5.92 Å². The molecule has 2 aliphatic rings. The Morgan fingerprint density at radius 2 is 1.43 bits per heavy atom. The summed E-state index contributed by atoms with van der Waals surface area (Å²) in [6.07, 6.45) is -1.04. The van der Waals surface area contributed by atoms with Crippen molar-refractivity contribution in [3.05, 3.63) is 77.3 Å². The largest absolute Gasteiger partial charge is 0.496 e. The number of rotatable bonds is 6. The molecule has 2 aliphatic heterocycles. The van der Waals surface area contributed by atoms with Gasteiger partial charge in [-0.05, 0) is 30.3 Å². The minimum Gasteiger partial charge on any atom is -0.496 e. The molecule has 2 saturated heterocycles. The summed E-state index contributed by atoms with van der Waals surface area (Å²) in [7, 11) is 4.59. The van der Waals surface area contributed by atoms with Crippen LogP contribution in [0.25, 0.3) is 0 Å². The highest BCUT2D eigenvalue weighted by Gasteiger charge is 2.61. The van der Waals surface area contributed by atoms with Crippen molar-refractivity contribution in [1.29, 1.82) is 0 Å². The van der Waals surface area contributed by atoms with Gasteiger partial charge < -0.3 is 14.2 Å². The van der Waals surface area contributed by atoms with Crippen molar-refractivity contribution in [2.45, 2.75) is 12.1 Å². The van der Waals surface area contributed by atoms with Crippen LogP contribution < -0.4 is 24.2 Å². The Morgan fingerprint density at radius 1 is 0.800 bits per heavy atom. The first-order valence-electron chi connectivity index (χ1n) is 10.9. The van der Waals surface area contributed by atoms with Gasteiger partial charge in [0.2, 0.25) is 5.91 Å². The number of hydrogen-bond acceptors (Lipinski definition) is 7. The number of ether oxygens (including phenoxy) is 3. The van der Waals surface area contributed by atoms with Crippen LogP contribution in [-0.2, 0) is 14.4 Å². The average Bonchev–Trinajstić information content (AvgIpc) is 3.39. The maximum absolute atomic E-state index is 13.8. The number of carbonyl (C=O) groups excluding carboxylic acids is 2. The van der Waals surface area contributed by atoms with Gasteiger partial charge >= 0.3 is 0 Å². The number of fused-ring (bicyclic) bond motifs is 1. The van der Waals surface area contributed by atoms with Crippen molar-refractivity contribution in [1.82, 2.24) is 0 Å². The van der Waals surface area contributed by atoms with Crippen molar-refractivity contribution in [2.75, 3.05) is 31.3 Å². The highest BCUT2D eigenvalue weighted by molar-refractivity contribution is 6.36. The molecule has 35 heavy (non-hydrogen) atoms. The minimum atomic E-state index is -1.04. The topological polar surface area (TPSA) is 77.5 Å². The number of amides is 2. The predicted molar refractivity (Wildman–Crippen MR) is 130 cm³/mol. The van der Waals surface area contributed by atoms with Crippen molar-refractivity contribution in [3.8, 4) is 17.2 Å². The van der Waals surface area contributed by atoms with E-state index in [9.17, 15) is 9.59 Å². The van der Waals surface area contributed by atoms with Crippen molar-refractivity contribution in [3.63, 3.8) is 0 Å². The van der Waals surface area contributed by atoms with Gasteiger partial charge in [0.05, 0.1) is 37.7 Å². The quantitative estimate of drug-likeness (QED) is 0.469. The van der Waals surface area contributed by atoms with Gasteiger partial charge in [-0.1, -0.05) is 41.9 Å². The monoisotopic (exact) mass is 494 g/mol. The van der Waals surface area contributed by atoms with Crippen LogP contribution in [0.2, 0.25) is 5.02 Å². The summed E-state index contributed by atoms with van der Waals surface area (Å²) in [6, 6.07) is 18.8. The van der Waals surface area contributed by atoms with Gasteiger partial charge in [0.15, 0.2) is 17.6 Å². The molecule has 0 aliphatic carbocycles. The summed E-state index contributed by atoms with van der Waals surface area (Å²) < 4.78 is 16.6. The molecular formula is C26H23ClN2O6. The zero-order chi connectivity index (χ0) is 24.7. The second-order valence-corrected chi connectivity index (χ2v) is 8.48. The third-order valence-electron chi connectivity index (χ3n) is 6.27. The molecule has 3 aromatic carbocycles. The fourth-order valence-corrected chi connectivity index (χ4v) is 4.90. The second-order valence-electron chi connectivity index (χ2n) is 8.07. The number of para-hydroxylation sites is 2. The first-order chi connectivity index (χ1) is 17.0. The molecule has 3 atom stereocenters. The Balaban J connectivity index is 1.67. The van der Waals surface area contributed by atoms with E-state index in [0.29, 0.717) is 39.2 Å². The lowest BCUT2D eigenvalue weighted by atomic mass is 9.89. The predicted octanol–water partition coefficient (Wildman–Crippen LogP) is 4.42. The lowest BCUT2D eigenvalue weighted by Crippen LogP contribution is -2.37. The van der Waals surface area contributed by atoms with Crippen molar-refractivity contribution < 1.29 is 28.6 Å². The Kier molecular flexibility index (Phi) is 6.00. The third-order valence-corrected chi connectivity index (χ3v) is 6.59. The van der Waals surface area contributed by atoms with Gasteiger partial charge in [0.25, 0.3) is 5.91 Å². The molecule has 0 unspecified atom stereocenters. The van der Waals surface area contributed by atoms with E-state index in [1.54, 1.807) is 41.5 Å². The number of nitrogens with zero attached hydrogens (tertiary/aromatic N) is 2. The molecule has 0 saturated carbocycles. The number of carbonyl (C=O) groups is 2. The molecule has 180 valence electrons. The summed E-state index contributed by atoms with van der Waals surface area (Å²) in [5, 5.41) is 1.90. The van der Waals surface area contributed by atoms with E-state index < -0.39 is 29.9 Å². The lowest BCUT2D eigenvalue weighted by Gasteiger charge is -2.30. The van der Waals surface area contributed by atoms with E-state index in [1.807, 2.05) is 30.3 Å². The number of hydrogen-bond donors (Lipinski definition) is 0. The van der Waals surface area contributed by atoms with E-state index in [1.165, 1.54) is 21.3 Å². The van der Waals surface area contributed by atoms with Crippen LogP contribution >= 0.6 is 11.6 Å². The smallest absolute Gasteiger partial charge is 0.266 e. The lowest BCUT2D eigenvalue weighted by molar-refractivity contribution is -0.126. The van der Waals surface area contributed by atoms with Gasteiger partial charge in [-0.2, -0.15) is 0 Å². The normalized spacial score (nSPS) is 21.3. The van der Waals surface area contributed by atoms with Crippen LogP contribution in [0.3, 0.4) is 0 Å². The molecule has 2 heterocycles. The molecule has 8 nitrogen and oxygen atoms in total. The van der Waals surface area contributed by atoms with E-state index in [2.05, 4.69) is 0 Å². The van der Waals surface area contributed by atoms with Gasteiger partial charge in [-0.15, -0.1) is 0 Å². The number of halogens is 1. The molecule has 0 bridgehead atoms. The number of imide groups is 1. The van der Waals surface area contributed by atoms with E-state index in [0.717, 1.165) is 4.90 Å². The summed E-state index contributed by atoms with van der Waals surface area (Å²) in [5.74, 6) is -0.342. The van der Waals surface area contributed by atoms with Gasteiger partial charge in [0, 0.05) is 11.6 Å². The number of benzene rings is 3. The highest BCUT2D eigenvalue weighted by Crippen LogP contribution is 2.51. The van der Waals surface area contributed by atoms with Gasteiger partial charge in [-0.25, -0.2) is 9.96 Å². The zero-order valence-corrected chi connectivity index (χ0v) is 20.1. The van der Waals surface area contributed by atoms with Gasteiger partial charge in [-0.3, -0.25) is 14.4 Å². The number of anilines is 2. The molecule has 2 amide bonds. The first kappa shape index (κ1) is 23.0. The van der Waals surface area contributed by atoms with Crippen LogP contribution in [0.4, 0.5) is 11.4 Å². The summed E-state index contributed by atoms with van der Waals surface area (Å²) >= 11 is 6.34. The van der Waals surface area contributed by atoms with Crippen LogP contribution in [-0.4, -0.2) is 39.2 Å². The second kappa shape index (κ2) is 9.13. The Morgan fingerprint density at radius 3 is 2.09 bits per heavy atom. The molecule has 0 N–H and O–H groups in total. The van der Waals surface area contributed by atoms with Gasteiger partial charge in [0.1, 0.15) is 17.7 Å². The van der Waals surface area contributed by atoms with Crippen LogP contribution in [0.15, 0.2) is 66.7 Å². The fourth-order valence-electron chi connectivity index (χ4n) is 4.68. The Hall–Kier alpha value is -3.75.